The van der Waals surface area contributed by atoms with E-state index in [0.29, 0.717) is 16.1 Å². The monoisotopic (exact) mass is 359 g/mol. The number of hydrogen-bond donors (Lipinski definition) is 1. The van der Waals surface area contributed by atoms with Crippen molar-refractivity contribution < 1.29 is 19.1 Å². The summed E-state index contributed by atoms with van der Waals surface area (Å²) in [5, 5.41) is 2.67. The highest BCUT2D eigenvalue weighted by Gasteiger charge is 2.21. The largest absolute Gasteiger partial charge is 0.448 e. The first-order valence-electron chi connectivity index (χ1n) is 8.04. The van der Waals surface area contributed by atoms with Crippen molar-refractivity contribution in [1.29, 1.82) is 0 Å². The predicted octanol–water partition coefficient (Wildman–Crippen LogP) is 4.01. The van der Waals surface area contributed by atoms with Crippen molar-refractivity contribution in [2.75, 3.05) is 5.32 Å². The van der Waals surface area contributed by atoms with E-state index in [1.54, 1.807) is 24.3 Å². The van der Waals surface area contributed by atoms with Gasteiger partial charge in [0.1, 0.15) is 4.88 Å². The summed E-state index contributed by atoms with van der Waals surface area (Å²) in [5.41, 5.74) is 2.22. The van der Waals surface area contributed by atoms with Crippen LogP contribution in [0.15, 0.2) is 30.3 Å². The number of amides is 1. The Hall–Kier alpha value is -2.47. The van der Waals surface area contributed by atoms with Gasteiger partial charge in [0.25, 0.3) is 5.91 Å². The first-order chi connectivity index (χ1) is 11.8. The van der Waals surface area contributed by atoms with Crippen LogP contribution in [-0.4, -0.2) is 23.8 Å². The summed E-state index contributed by atoms with van der Waals surface area (Å²) >= 11 is 1.37. The number of carbonyl (C=O) groups excluding carboxylic acids is 3. The van der Waals surface area contributed by atoms with Crippen LogP contribution in [0.2, 0.25) is 0 Å². The molecule has 132 valence electrons. The molecular weight excluding hydrogens is 338 g/mol. The molecule has 0 aliphatic carbocycles. The van der Waals surface area contributed by atoms with Crippen molar-refractivity contribution >= 4 is 34.7 Å². The van der Waals surface area contributed by atoms with E-state index in [-0.39, 0.29) is 5.78 Å². The molecule has 0 aliphatic rings. The minimum atomic E-state index is -0.924. The maximum Gasteiger partial charge on any atom is 0.349 e. The second kappa shape index (κ2) is 8.07. The summed E-state index contributed by atoms with van der Waals surface area (Å²) in [6, 6.07) is 8.36. The third-order valence-corrected chi connectivity index (χ3v) is 4.89. The van der Waals surface area contributed by atoms with Crippen LogP contribution in [0, 0.1) is 6.92 Å². The average Bonchev–Trinajstić information content (AvgIpc) is 2.96. The van der Waals surface area contributed by atoms with Crippen molar-refractivity contribution in [1.82, 2.24) is 0 Å². The van der Waals surface area contributed by atoms with Crippen LogP contribution in [0.25, 0.3) is 0 Å². The molecule has 0 unspecified atom stereocenters. The molecule has 1 aromatic heterocycles. The van der Waals surface area contributed by atoms with Crippen LogP contribution < -0.4 is 5.32 Å². The summed E-state index contributed by atoms with van der Waals surface area (Å²) in [7, 11) is 0. The Labute approximate surface area is 151 Å². The van der Waals surface area contributed by atoms with Crippen LogP contribution in [0.5, 0.6) is 0 Å². The molecule has 0 spiro atoms. The summed E-state index contributed by atoms with van der Waals surface area (Å²) in [6.07, 6.45) is -0.0745. The molecular formula is C19H21NO4S. The van der Waals surface area contributed by atoms with Gasteiger partial charge in [-0.05, 0) is 63.1 Å². The van der Waals surface area contributed by atoms with Crippen LogP contribution in [0.1, 0.15) is 51.2 Å². The molecule has 2 aromatic rings. The number of carbonyl (C=O) groups is 3. The highest BCUT2D eigenvalue weighted by Crippen LogP contribution is 2.23. The first kappa shape index (κ1) is 18.9. The lowest BCUT2D eigenvalue weighted by Gasteiger charge is -2.13. The predicted molar refractivity (Wildman–Crippen MR) is 98.4 cm³/mol. The summed E-state index contributed by atoms with van der Waals surface area (Å²) < 4.78 is 5.25. The van der Waals surface area contributed by atoms with Gasteiger partial charge in [0.2, 0.25) is 0 Å². The van der Waals surface area contributed by atoms with Gasteiger partial charge in [0.15, 0.2) is 11.9 Å². The summed E-state index contributed by atoms with van der Waals surface area (Å²) in [5.74, 6) is -0.965. The van der Waals surface area contributed by atoms with Crippen molar-refractivity contribution in [3.05, 3.63) is 51.2 Å². The average molecular weight is 359 g/mol. The smallest absolute Gasteiger partial charge is 0.349 e. The maximum absolute atomic E-state index is 12.2. The Kier molecular flexibility index (Phi) is 6.09. The van der Waals surface area contributed by atoms with Gasteiger partial charge in [0.05, 0.1) is 0 Å². The fraction of sp³-hybridized carbons (Fsp3) is 0.316. The van der Waals surface area contributed by atoms with E-state index in [0.717, 1.165) is 16.9 Å². The number of rotatable bonds is 6. The molecule has 2 rings (SSSR count). The molecule has 1 amide bonds. The summed E-state index contributed by atoms with van der Waals surface area (Å²) in [6.45, 7) is 6.99. The summed E-state index contributed by atoms with van der Waals surface area (Å²) in [4.78, 5) is 37.2. The molecule has 1 atom stereocenters. The van der Waals surface area contributed by atoms with E-state index in [2.05, 4.69) is 5.32 Å². The molecule has 0 fully saturated rings. The zero-order valence-corrected chi connectivity index (χ0v) is 15.5. The van der Waals surface area contributed by atoms with E-state index in [4.69, 9.17) is 4.74 Å². The Bertz CT molecular complexity index is 792. The molecule has 6 heteroatoms. The second-order valence-electron chi connectivity index (χ2n) is 5.72. The van der Waals surface area contributed by atoms with Crippen LogP contribution in [0.3, 0.4) is 0 Å². The molecule has 1 aromatic carbocycles. The fourth-order valence-corrected chi connectivity index (χ4v) is 3.27. The van der Waals surface area contributed by atoms with E-state index < -0.39 is 18.0 Å². The zero-order chi connectivity index (χ0) is 18.6. The van der Waals surface area contributed by atoms with E-state index in [9.17, 15) is 14.4 Å². The number of hydrogen-bond acceptors (Lipinski definition) is 5. The number of thiophene rings is 1. The molecule has 0 aliphatic heterocycles. The first-order valence-corrected chi connectivity index (χ1v) is 8.85. The number of ether oxygens (including phenoxy) is 1. The number of esters is 1. The molecule has 0 saturated heterocycles. The number of aryl methyl sites for hydroxylation is 2. The Morgan fingerprint density at radius 3 is 2.36 bits per heavy atom. The highest BCUT2D eigenvalue weighted by atomic mass is 32.1. The molecule has 0 saturated carbocycles. The topological polar surface area (TPSA) is 72.5 Å². The third-order valence-electron chi connectivity index (χ3n) is 3.81. The Balaban J connectivity index is 1.97. The molecule has 0 bridgehead atoms. The molecule has 5 nitrogen and oxygen atoms in total. The Morgan fingerprint density at radius 2 is 1.84 bits per heavy atom. The third kappa shape index (κ3) is 4.76. The number of benzene rings is 1. The minimum Gasteiger partial charge on any atom is -0.448 e. The second-order valence-corrected chi connectivity index (χ2v) is 6.97. The van der Waals surface area contributed by atoms with Crippen molar-refractivity contribution in [2.45, 2.75) is 40.2 Å². The van der Waals surface area contributed by atoms with Gasteiger partial charge in [-0.1, -0.05) is 6.92 Å². The normalized spacial score (nSPS) is 11.7. The number of anilines is 1. The van der Waals surface area contributed by atoms with E-state index in [1.807, 2.05) is 19.9 Å². The maximum atomic E-state index is 12.2. The SMILES string of the molecule is CCc1cc(C(=O)O[C@@H](C)C(=O)Nc2ccc(C(C)=O)cc2)sc1C. The van der Waals surface area contributed by atoms with Gasteiger partial charge in [-0.15, -0.1) is 11.3 Å². The van der Waals surface area contributed by atoms with E-state index >= 15 is 0 Å². The van der Waals surface area contributed by atoms with Gasteiger partial charge < -0.3 is 10.1 Å². The molecule has 1 heterocycles. The highest BCUT2D eigenvalue weighted by molar-refractivity contribution is 7.14. The van der Waals surface area contributed by atoms with Gasteiger partial charge in [-0.25, -0.2) is 4.79 Å². The standard InChI is InChI=1S/C19H21NO4S/c1-5-14-10-17(25-13(14)4)19(23)24-12(3)18(22)20-16-8-6-15(7-9-16)11(2)21/h6-10,12H,5H2,1-4H3,(H,20,22)/t12-/m0/s1. The zero-order valence-electron chi connectivity index (χ0n) is 14.7. The van der Waals surface area contributed by atoms with Gasteiger partial charge in [-0.3, -0.25) is 9.59 Å². The fourth-order valence-electron chi connectivity index (χ4n) is 2.28. The lowest BCUT2D eigenvalue weighted by atomic mass is 10.1. The molecule has 0 radical (unpaired) electrons. The quantitative estimate of drug-likeness (QED) is 0.625. The lowest BCUT2D eigenvalue weighted by molar-refractivity contribution is -0.123. The molecule has 25 heavy (non-hydrogen) atoms. The van der Waals surface area contributed by atoms with Crippen LogP contribution >= 0.6 is 11.3 Å². The minimum absolute atomic E-state index is 0.0436. The van der Waals surface area contributed by atoms with Gasteiger partial charge in [-0.2, -0.15) is 0 Å². The van der Waals surface area contributed by atoms with Crippen LogP contribution in [-0.2, 0) is 16.0 Å². The van der Waals surface area contributed by atoms with Gasteiger partial charge in [0, 0.05) is 16.1 Å². The Morgan fingerprint density at radius 1 is 1.20 bits per heavy atom. The van der Waals surface area contributed by atoms with Crippen molar-refractivity contribution in [2.24, 2.45) is 0 Å². The molecule has 1 N–H and O–H groups in total. The number of ketones is 1. The lowest BCUT2D eigenvalue weighted by Crippen LogP contribution is -2.29. The van der Waals surface area contributed by atoms with Gasteiger partial charge >= 0.3 is 5.97 Å². The van der Waals surface area contributed by atoms with Crippen molar-refractivity contribution in [3.63, 3.8) is 0 Å². The number of Topliss-reactive ketones (excluding diaryl/α,β-unsaturated/α-hetero) is 1. The van der Waals surface area contributed by atoms with Crippen LogP contribution in [0.4, 0.5) is 5.69 Å². The van der Waals surface area contributed by atoms with E-state index in [1.165, 1.54) is 25.2 Å². The number of nitrogens with one attached hydrogen (secondary N) is 1. The van der Waals surface area contributed by atoms with Crippen molar-refractivity contribution in [3.8, 4) is 0 Å².